The van der Waals surface area contributed by atoms with Crippen molar-refractivity contribution in [3.05, 3.63) is 37.2 Å². The van der Waals surface area contributed by atoms with E-state index in [1.807, 2.05) is 0 Å². The summed E-state index contributed by atoms with van der Waals surface area (Å²) in [4.78, 5) is 8.56. The number of allylic oxidation sites excluding steroid dienone is 4. The van der Waals surface area contributed by atoms with Gasteiger partial charge in [0.25, 0.3) is 0 Å². The van der Waals surface area contributed by atoms with E-state index in [-0.39, 0.29) is 5.83 Å². The highest BCUT2D eigenvalue weighted by Gasteiger charge is 1.75. The highest BCUT2D eigenvalue weighted by Crippen LogP contribution is 1.94. The van der Waals surface area contributed by atoms with Gasteiger partial charge in [0.1, 0.15) is 5.83 Å². The Morgan fingerprint density at radius 1 is 1.36 bits per heavy atom. The van der Waals surface area contributed by atoms with Crippen molar-refractivity contribution in [3.63, 3.8) is 0 Å². The topological polar surface area (TPSA) is 57.5 Å². The van der Waals surface area contributed by atoms with Gasteiger partial charge in [-0.15, -0.1) is 0 Å². The molecule has 0 saturated carbocycles. The van der Waals surface area contributed by atoms with Gasteiger partial charge in [0.2, 0.25) is 0 Å². The summed E-state index contributed by atoms with van der Waals surface area (Å²) >= 11 is 0. The standard InChI is InChI=1S/C6H7F.CH2O3/c1-3-5-6(7)4-2;2-1(3)4/h3-5H,1-2H2;(H2,2,3,4). The number of hydrogen-bond donors (Lipinski definition) is 2. The zero-order valence-corrected chi connectivity index (χ0v) is 5.83. The van der Waals surface area contributed by atoms with E-state index in [0.29, 0.717) is 0 Å². The third-order valence-electron chi connectivity index (χ3n) is 0.472. The zero-order valence-electron chi connectivity index (χ0n) is 5.83. The van der Waals surface area contributed by atoms with Gasteiger partial charge < -0.3 is 10.2 Å². The predicted molar refractivity (Wildman–Crippen MR) is 40.2 cm³/mol. The van der Waals surface area contributed by atoms with E-state index in [9.17, 15) is 4.39 Å². The maximum atomic E-state index is 11.8. The van der Waals surface area contributed by atoms with Crippen molar-refractivity contribution in [2.45, 2.75) is 0 Å². The highest BCUT2D eigenvalue weighted by molar-refractivity contribution is 5.53. The van der Waals surface area contributed by atoms with Crippen LogP contribution in [-0.4, -0.2) is 16.4 Å². The minimum Gasteiger partial charge on any atom is -0.450 e. The highest BCUT2D eigenvalue weighted by atomic mass is 19.1. The van der Waals surface area contributed by atoms with Gasteiger partial charge in [-0.25, -0.2) is 9.18 Å². The van der Waals surface area contributed by atoms with Crippen LogP contribution in [0.15, 0.2) is 37.2 Å². The van der Waals surface area contributed by atoms with E-state index < -0.39 is 6.16 Å². The number of carbonyl (C=O) groups is 1. The molecule has 62 valence electrons. The average molecular weight is 160 g/mol. The molecule has 11 heavy (non-hydrogen) atoms. The molecule has 0 bridgehead atoms. The van der Waals surface area contributed by atoms with Gasteiger partial charge in [-0.1, -0.05) is 19.2 Å². The largest absolute Gasteiger partial charge is 0.503 e. The first kappa shape index (κ1) is 12.1. The van der Waals surface area contributed by atoms with Crippen LogP contribution < -0.4 is 0 Å². The quantitative estimate of drug-likeness (QED) is 0.610. The van der Waals surface area contributed by atoms with E-state index in [2.05, 4.69) is 13.2 Å². The third-order valence-corrected chi connectivity index (χ3v) is 0.472. The third kappa shape index (κ3) is 29.7. The molecule has 4 heteroatoms. The molecule has 0 amide bonds. The van der Waals surface area contributed by atoms with Gasteiger partial charge in [0, 0.05) is 0 Å². The molecule has 0 fully saturated rings. The second-order valence-electron chi connectivity index (χ2n) is 1.27. The monoisotopic (exact) mass is 160 g/mol. The summed E-state index contributed by atoms with van der Waals surface area (Å²) in [6.07, 6.45) is 1.91. The fraction of sp³-hybridized carbons (Fsp3) is 0. The number of rotatable bonds is 2. The van der Waals surface area contributed by atoms with Crippen LogP contribution >= 0.6 is 0 Å². The van der Waals surface area contributed by atoms with Crippen LogP contribution in [0.3, 0.4) is 0 Å². The first-order valence-electron chi connectivity index (χ1n) is 2.57. The first-order valence-corrected chi connectivity index (χ1v) is 2.57. The molecule has 0 saturated heterocycles. The molecule has 0 radical (unpaired) electrons. The Bertz CT molecular complexity index is 169. The fourth-order valence-electron chi connectivity index (χ4n) is 0.181. The molecule has 0 unspecified atom stereocenters. The smallest absolute Gasteiger partial charge is 0.450 e. The lowest BCUT2D eigenvalue weighted by molar-refractivity contribution is 0.137. The molecule has 0 aromatic carbocycles. The number of halogens is 1. The van der Waals surface area contributed by atoms with Gasteiger partial charge >= 0.3 is 6.16 Å². The molecule has 0 atom stereocenters. The van der Waals surface area contributed by atoms with Gasteiger partial charge in [-0.3, -0.25) is 0 Å². The minimum absolute atomic E-state index is 0.352. The zero-order chi connectivity index (χ0) is 9.28. The van der Waals surface area contributed by atoms with Crippen LogP contribution in [0.1, 0.15) is 0 Å². The molecule has 0 heterocycles. The van der Waals surface area contributed by atoms with E-state index >= 15 is 0 Å². The number of hydrogen-bond acceptors (Lipinski definition) is 1. The maximum Gasteiger partial charge on any atom is 0.503 e. The van der Waals surface area contributed by atoms with Crippen LogP contribution in [0, 0.1) is 0 Å². The summed E-state index contributed by atoms with van der Waals surface area (Å²) in [5, 5.41) is 13.9. The summed E-state index contributed by atoms with van der Waals surface area (Å²) in [5.74, 6) is -0.352. The fourth-order valence-corrected chi connectivity index (χ4v) is 0.181. The van der Waals surface area contributed by atoms with Crippen molar-refractivity contribution in [3.8, 4) is 0 Å². The maximum absolute atomic E-state index is 11.8. The Kier molecular flexibility index (Phi) is 9.29. The molecule has 0 aliphatic carbocycles. The molecular weight excluding hydrogens is 151 g/mol. The van der Waals surface area contributed by atoms with Crippen molar-refractivity contribution in [1.29, 1.82) is 0 Å². The molecule has 0 aliphatic rings. The van der Waals surface area contributed by atoms with Crippen molar-refractivity contribution >= 4 is 6.16 Å². The Morgan fingerprint density at radius 3 is 1.82 bits per heavy atom. The molecule has 3 nitrogen and oxygen atoms in total. The summed E-state index contributed by atoms with van der Waals surface area (Å²) in [6, 6.07) is 0. The second kappa shape index (κ2) is 8.42. The predicted octanol–water partition coefficient (Wildman–Crippen LogP) is 2.43. The Morgan fingerprint density at radius 2 is 1.73 bits per heavy atom. The lowest BCUT2D eigenvalue weighted by atomic mass is 10.4. The van der Waals surface area contributed by atoms with E-state index in [0.717, 1.165) is 6.08 Å². The van der Waals surface area contributed by atoms with Crippen molar-refractivity contribution in [1.82, 2.24) is 0 Å². The van der Waals surface area contributed by atoms with Crippen molar-refractivity contribution < 1.29 is 19.4 Å². The molecular formula is C7H9FO3. The first-order chi connectivity index (χ1) is 5.04. The van der Waals surface area contributed by atoms with Crippen LogP contribution in [0.2, 0.25) is 0 Å². The Balaban J connectivity index is 0. The molecule has 2 N–H and O–H groups in total. The van der Waals surface area contributed by atoms with Crippen molar-refractivity contribution in [2.75, 3.05) is 0 Å². The van der Waals surface area contributed by atoms with Crippen molar-refractivity contribution in [2.24, 2.45) is 0 Å². The molecule has 0 spiro atoms. The number of carboxylic acid groups (broad SMARTS) is 2. The molecule has 0 aromatic heterocycles. The van der Waals surface area contributed by atoms with Crippen LogP contribution in [0.25, 0.3) is 0 Å². The van der Waals surface area contributed by atoms with E-state index in [1.54, 1.807) is 0 Å². The van der Waals surface area contributed by atoms with Gasteiger partial charge in [0.05, 0.1) is 0 Å². The second-order valence-corrected chi connectivity index (χ2v) is 1.27. The summed E-state index contributed by atoms with van der Waals surface area (Å²) in [6.45, 7) is 6.47. The lowest BCUT2D eigenvalue weighted by Gasteiger charge is -1.74. The van der Waals surface area contributed by atoms with Crippen LogP contribution in [-0.2, 0) is 0 Å². The molecule has 0 aliphatic heterocycles. The summed E-state index contributed by atoms with van der Waals surface area (Å²) < 4.78 is 11.8. The SMILES string of the molecule is C=CC=C(F)C=C.O=C(O)O. The van der Waals surface area contributed by atoms with Crippen LogP contribution in [0.5, 0.6) is 0 Å². The Labute approximate surface area is 63.8 Å². The lowest BCUT2D eigenvalue weighted by Crippen LogP contribution is -1.81. The average Bonchev–Trinajstić information content (AvgIpc) is 1.87. The van der Waals surface area contributed by atoms with E-state index in [4.69, 9.17) is 15.0 Å². The van der Waals surface area contributed by atoms with Crippen LogP contribution in [0.4, 0.5) is 9.18 Å². The minimum atomic E-state index is -1.83. The van der Waals surface area contributed by atoms with Gasteiger partial charge in [-0.05, 0) is 12.2 Å². The normalized spacial score (nSPS) is 9.00. The molecule has 0 rings (SSSR count). The van der Waals surface area contributed by atoms with Gasteiger partial charge in [0.15, 0.2) is 0 Å². The van der Waals surface area contributed by atoms with Gasteiger partial charge in [-0.2, -0.15) is 0 Å². The van der Waals surface area contributed by atoms with E-state index in [1.165, 1.54) is 12.2 Å². The molecule has 0 aromatic rings. The Hall–Kier alpha value is -1.58. The summed E-state index contributed by atoms with van der Waals surface area (Å²) in [7, 11) is 0. The summed E-state index contributed by atoms with van der Waals surface area (Å²) in [5.41, 5.74) is 0.